The van der Waals surface area contributed by atoms with Gasteiger partial charge in [0, 0.05) is 73.6 Å². The lowest BCUT2D eigenvalue weighted by Gasteiger charge is -2.36. The van der Waals surface area contributed by atoms with Gasteiger partial charge in [-0.25, -0.2) is 13.1 Å². The number of nitrogens with one attached hydrogen (secondary N) is 1. The van der Waals surface area contributed by atoms with Gasteiger partial charge in [-0.3, -0.25) is 19.8 Å². The van der Waals surface area contributed by atoms with E-state index in [0.29, 0.717) is 11.4 Å². The maximum atomic E-state index is 13.4. The van der Waals surface area contributed by atoms with Crippen LogP contribution in [0, 0.1) is 10.1 Å². The van der Waals surface area contributed by atoms with Crippen molar-refractivity contribution in [3.63, 3.8) is 0 Å². The second kappa shape index (κ2) is 18.4. The summed E-state index contributed by atoms with van der Waals surface area (Å²) >= 11 is 7.69. The van der Waals surface area contributed by atoms with Gasteiger partial charge in [-0.2, -0.15) is 0 Å². The lowest BCUT2D eigenvalue weighted by Crippen LogP contribution is -2.46. The van der Waals surface area contributed by atoms with Crippen LogP contribution in [0.4, 0.5) is 17.1 Å². The fraction of sp³-hybridized carbons (Fsp3) is 0.262. The number of anilines is 2. The van der Waals surface area contributed by atoms with E-state index in [1.165, 1.54) is 23.3 Å². The van der Waals surface area contributed by atoms with E-state index in [2.05, 4.69) is 32.7 Å². The van der Waals surface area contributed by atoms with E-state index < -0.39 is 20.9 Å². The number of sulfonamides is 1. The van der Waals surface area contributed by atoms with Gasteiger partial charge in [0.15, 0.2) is 0 Å². The molecule has 1 aliphatic heterocycles. The van der Waals surface area contributed by atoms with Crippen molar-refractivity contribution < 1.29 is 18.1 Å². The number of hydrogen-bond donors (Lipinski definition) is 1. The predicted octanol–water partition coefficient (Wildman–Crippen LogP) is 7.86. The molecular weight excluding hydrogens is 768 g/mol. The van der Waals surface area contributed by atoms with Crippen LogP contribution in [0.2, 0.25) is 5.02 Å². The summed E-state index contributed by atoms with van der Waals surface area (Å²) < 4.78 is 28.9. The third-order valence-electron chi connectivity index (χ3n) is 9.76. The van der Waals surface area contributed by atoms with E-state index >= 15 is 0 Å². The molecule has 11 nitrogen and oxygen atoms in total. The molecule has 14 heteroatoms. The number of halogens is 1. The van der Waals surface area contributed by atoms with Crippen LogP contribution in [0.1, 0.15) is 22.3 Å². The van der Waals surface area contributed by atoms with Crippen molar-refractivity contribution in [3.8, 4) is 11.1 Å². The van der Waals surface area contributed by atoms with Gasteiger partial charge in [-0.05, 0) is 97.9 Å². The molecule has 0 spiro atoms. The Balaban J connectivity index is 1.08. The second-order valence-electron chi connectivity index (χ2n) is 13.9. The van der Waals surface area contributed by atoms with Crippen molar-refractivity contribution in [1.82, 2.24) is 14.5 Å². The Morgan fingerprint density at radius 3 is 2.20 bits per heavy atom. The number of hydrogen-bond acceptors (Lipinski definition) is 10. The monoisotopic (exact) mass is 812 g/mol. The zero-order valence-corrected chi connectivity index (χ0v) is 33.9. The first-order chi connectivity index (χ1) is 26.9. The fourth-order valence-corrected chi connectivity index (χ4v) is 8.91. The number of nitro benzene ring substituents is 1. The van der Waals surface area contributed by atoms with Crippen LogP contribution in [0.3, 0.4) is 0 Å². The van der Waals surface area contributed by atoms with E-state index in [1.54, 1.807) is 35.8 Å². The Morgan fingerprint density at radius 1 is 0.875 bits per heavy atom. The Morgan fingerprint density at radius 2 is 1.54 bits per heavy atom. The predicted molar refractivity (Wildman–Crippen MR) is 226 cm³/mol. The molecule has 1 fully saturated rings. The van der Waals surface area contributed by atoms with Crippen LogP contribution in [0.15, 0.2) is 131 Å². The molecule has 1 heterocycles. The molecule has 0 saturated carbocycles. The van der Waals surface area contributed by atoms with Crippen molar-refractivity contribution in [2.45, 2.75) is 28.1 Å². The number of nitro groups is 1. The number of thioether (sulfide) groups is 1. The maximum Gasteiger partial charge on any atom is 0.293 e. The van der Waals surface area contributed by atoms with Crippen molar-refractivity contribution >= 4 is 56.4 Å². The Kier molecular flexibility index (Phi) is 13.3. The van der Waals surface area contributed by atoms with E-state index in [0.717, 1.165) is 61.5 Å². The molecule has 1 saturated heterocycles. The summed E-state index contributed by atoms with van der Waals surface area (Å²) in [6.07, 6.45) is 0.687. The number of piperazine rings is 1. The van der Waals surface area contributed by atoms with Crippen molar-refractivity contribution in [2.24, 2.45) is 0 Å². The van der Waals surface area contributed by atoms with Gasteiger partial charge in [0.2, 0.25) is 0 Å². The standard InChI is InChI=1S/C42H45ClN6O5S2/c1-45(2)24-23-41(55-36-10-5-4-6-11-36)46(3)39-22-21-37(29-40(39)49(51)52)56(53,54)44-42(50)32-15-19-35(20-16-32)48-27-25-47(26-28-48)30-33-9-7-8-12-38(33)31-13-17-34(43)18-14-31/h4-22,29,41H,23-28,30H2,1-3H3,(H,44,50). The lowest BCUT2D eigenvalue weighted by atomic mass is 9.99. The van der Waals surface area contributed by atoms with Crippen molar-refractivity contribution in [3.05, 3.63) is 148 Å². The van der Waals surface area contributed by atoms with Crippen molar-refractivity contribution in [1.29, 1.82) is 0 Å². The second-order valence-corrected chi connectivity index (χ2v) is 17.3. The Bertz CT molecular complexity index is 2230. The molecule has 5 aromatic rings. The molecule has 1 unspecified atom stereocenters. The zero-order chi connectivity index (χ0) is 39.8. The average molecular weight is 813 g/mol. The minimum Gasteiger partial charge on any atom is -0.369 e. The maximum absolute atomic E-state index is 13.4. The normalized spacial score (nSPS) is 14.1. The van der Waals surface area contributed by atoms with Gasteiger partial charge in [0.1, 0.15) is 5.69 Å². The SMILES string of the molecule is CN(C)CCC(Sc1ccccc1)N(C)c1ccc(S(=O)(=O)NC(=O)c2ccc(N3CCN(Cc4ccccc4-c4ccc(Cl)cc4)CC3)cc2)cc1[N+](=O)[O-]. The highest BCUT2D eigenvalue weighted by Crippen LogP contribution is 2.36. The van der Waals surface area contributed by atoms with Crippen LogP contribution >= 0.6 is 23.4 Å². The smallest absolute Gasteiger partial charge is 0.293 e. The molecule has 56 heavy (non-hydrogen) atoms. The molecule has 0 bridgehead atoms. The molecule has 0 aromatic heterocycles. The van der Waals surface area contributed by atoms with Crippen LogP contribution in [-0.2, 0) is 16.6 Å². The van der Waals surface area contributed by atoms with Gasteiger partial charge < -0.3 is 14.7 Å². The Hall–Kier alpha value is -4.92. The first-order valence-electron chi connectivity index (χ1n) is 18.2. The third kappa shape index (κ3) is 10.3. The summed E-state index contributed by atoms with van der Waals surface area (Å²) in [4.78, 5) is 34.0. The number of rotatable bonds is 15. The molecular formula is C42H45ClN6O5S2. The van der Waals surface area contributed by atoms with Gasteiger partial charge in [-0.1, -0.05) is 66.2 Å². The molecule has 6 rings (SSSR count). The average Bonchev–Trinajstić information content (AvgIpc) is 3.20. The first kappa shape index (κ1) is 40.7. The number of benzene rings is 5. The quantitative estimate of drug-likeness (QED) is 0.0485. The molecule has 1 atom stereocenters. The summed E-state index contributed by atoms with van der Waals surface area (Å²) in [5.74, 6) is -0.826. The highest BCUT2D eigenvalue weighted by Gasteiger charge is 2.28. The van der Waals surface area contributed by atoms with E-state index in [1.807, 2.05) is 91.8 Å². The molecule has 1 amide bonds. The lowest BCUT2D eigenvalue weighted by molar-refractivity contribution is -0.384. The van der Waals surface area contributed by atoms with Gasteiger partial charge >= 0.3 is 0 Å². The summed E-state index contributed by atoms with van der Waals surface area (Å²) in [6, 6.07) is 36.6. The molecule has 0 radical (unpaired) electrons. The van der Waals surface area contributed by atoms with Gasteiger partial charge in [0.05, 0.1) is 15.2 Å². The Labute approximate surface area is 338 Å². The highest BCUT2D eigenvalue weighted by molar-refractivity contribution is 8.00. The third-order valence-corrected chi connectivity index (χ3v) is 12.7. The van der Waals surface area contributed by atoms with E-state index in [-0.39, 0.29) is 27.2 Å². The molecule has 1 aliphatic rings. The summed E-state index contributed by atoms with van der Waals surface area (Å²) in [6.45, 7) is 4.81. The molecule has 0 aliphatic carbocycles. The molecule has 1 N–H and O–H groups in total. The summed E-state index contributed by atoms with van der Waals surface area (Å²) in [7, 11) is 1.25. The van der Waals surface area contributed by atoms with E-state index in [4.69, 9.17) is 11.6 Å². The molecule has 5 aromatic carbocycles. The minimum absolute atomic E-state index is 0.155. The van der Waals surface area contributed by atoms with Gasteiger partial charge in [0.25, 0.3) is 21.6 Å². The highest BCUT2D eigenvalue weighted by atomic mass is 35.5. The van der Waals surface area contributed by atoms with Gasteiger partial charge in [-0.15, -0.1) is 11.8 Å². The number of amides is 1. The zero-order valence-electron chi connectivity index (χ0n) is 31.5. The first-order valence-corrected chi connectivity index (χ1v) is 21.0. The summed E-state index contributed by atoms with van der Waals surface area (Å²) in [5.41, 5.74) is 4.53. The van der Waals surface area contributed by atoms with Crippen molar-refractivity contribution in [2.75, 3.05) is 63.7 Å². The largest absolute Gasteiger partial charge is 0.369 e. The number of carbonyl (C=O) groups is 1. The van der Waals surface area contributed by atoms with Crippen LogP contribution in [0.5, 0.6) is 0 Å². The van der Waals surface area contributed by atoms with Crippen LogP contribution in [0.25, 0.3) is 11.1 Å². The van der Waals surface area contributed by atoms with Crippen LogP contribution < -0.4 is 14.5 Å². The van der Waals surface area contributed by atoms with E-state index in [9.17, 15) is 23.3 Å². The molecule has 292 valence electrons. The number of nitrogens with zero attached hydrogens (tertiary/aromatic N) is 5. The fourth-order valence-electron chi connectivity index (χ4n) is 6.66. The minimum atomic E-state index is -4.44. The summed E-state index contributed by atoms with van der Waals surface area (Å²) in [5, 5.41) is 12.8. The van der Waals surface area contributed by atoms with Crippen LogP contribution in [-0.4, -0.2) is 88.3 Å². The topological polar surface area (TPSA) is 119 Å². The number of carbonyl (C=O) groups excluding carboxylic acids is 1.